The minimum absolute atomic E-state index is 0.00484. The summed E-state index contributed by atoms with van der Waals surface area (Å²) >= 11 is 1.47. The number of carbonyl (C=O) groups excluding carboxylic acids is 2. The van der Waals surface area contributed by atoms with Crippen molar-refractivity contribution in [1.29, 1.82) is 0 Å². The Morgan fingerprint density at radius 3 is 2.16 bits per heavy atom. The molecular weight excluding hydrogens is 614 g/mol. The van der Waals surface area contributed by atoms with Gasteiger partial charge in [0, 0.05) is 30.5 Å². The van der Waals surface area contributed by atoms with E-state index < -0.39 is 40.2 Å². The third kappa shape index (κ3) is 8.43. The van der Waals surface area contributed by atoms with Crippen LogP contribution in [0.4, 0.5) is 10.1 Å². The number of amides is 2. The third-order valence-electron chi connectivity index (χ3n) is 7.18. The molecule has 0 aliphatic heterocycles. The van der Waals surface area contributed by atoms with Gasteiger partial charge in [-0.15, -0.1) is 11.8 Å². The van der Waals surface area contributed by atoms with Crippen LogP contribution in [0.5, 0.6) is 5.75 Å². The molecule has 2 amide bonds. The topological polar surface area (TPSA) is 96.0 Å². The second-order valence-corrected chi connectivity index (χ2v) is 12.8. The molecule has 4 aromatic carbocycles. The number of halogens is 1. The highest BCUT2D eigenvalue weighted by atomic mass is 32.2. The van der Waals surface area contributed by atoms with Gasteiger partial charge in [-0.3, -0.25) is 13.9 Å². The Hall–Kier alpha value is -4.35. The Balaban J connectivity index is 1.79. The van der Waals surface area contributed by atoms with Crippen molar-refractivity contribution in [3.05, 3.63) is 120 Å². The summed E-state index contributed by atoms with van der Waals surface area (Å²) in [6.45, 7) is 1.37. The molecule has 0 unspecified atom stereocenters. The summed E-state index contributed by atoms with van der Waals surface area (Å²) in [7, 11) is -2.80. The van der Waals surface area contributed by atoms with Crippen molar-refractivity contribution >= 4 is 39.3 Å². The molecule has 1 atom stereocenters. The largest absolute Gasteiger partial charge is 0.494 e. The van der Waals surface area contributed by atoms with E-state index in [0.29, 0.717) is 12.4 Å². The predicted octanol–water partition coefficient (Wildman–Crippen LogP) is 5.53. The van der Waals surface area contributed by atoms with Gasteiger partial charge in [-0.2, -0.15) is 0 Å². The molecule has 11 heteroatoms. The molecule has 0 fully saturated rings. The highest BCUT2D eigenvalue weighted by Crippen LogP contribution is 2.28. The van der Waals surface area contributed by atoms with Gasteiger partial charge in [0.15, 0.2) is 0 Å². The van der Waals surface area contributed by atoms with E-state index in [4.69, 9.17) is 4.74 Å². The maximum Gasteiger partial charge on any atom is 0.264 e. The van der Waals surface area contributed by atoms with Crippen molar-refractivity contribution in [3.8, 4) is 5.75 Å². The lowest BCUT2D eigenvalue weighted by atomic mass is 10.0. The smallest absolute Gasteiger partial charge is 0.264 e. The van der Waals surface area contributed by atoms with Crippen LogP contribution in [0.25, 0.3) is 0 Å². The number of hydrogen-bond acceptors (Lipinski definition) is 6. The summed E-state index contributed by atoms with van der Waals surface area (Å²) in [5.74, 6) is -1.15. The predicted molar refractivity (Wildman–Crippen MR) is 175 cm³/mol. The van der Waals surface area contributed by atoms with E-state index in [1.807, 2.05) is 43.5 Å². The minimum atomic E-state index is -4.26. The van der Waals surface area contributed by atoms with E-state index in [1.165, 1.54) is 54.0 Å². The van der Waals surface area contributed by atoms with Crippen molar-refractivity contribution < 1.29 is 27.1 Å². The van der Waals surface area contributed by atoms with Gasteiger partial charge in [0.2, 0.25) is 11.8 Å². The number of ether oxygens (including phenoxy) is 1. The van der Waals surface area contributed by atoms with Crippen LogP contribution >= 0.6 is 11.8 Å². The minimum Gasteiger partial charge on any atom is -0.494 e. The highest BCUT2D eigenvalue weighted by Gasteiger charge is 2.34. The number of anilines is 1. The van der Waals surface area contributed by atoms with Crippen molar-refractivity contribution in [2.75, 3.05) is 30.8 Å². The van der Waals surface area contributed by atoms with E-state index in [0.717, 1.165) is 14.8 Å². The number of sulfonamides is 1. The van der Waals surface area contributed by atoms with Gasteiger partial charge in [0.25, 0.3) is 10.0 Å². The molecule has 0 aliphatic carbocycles. The van der Waals surface area contributed by atoms with Crippen molar-refractivity contribution in [1.82, 2.24) is 10.2 Å². The average Bonchev–Trinajstić information content (AvgIpc) is 3.06. The molecule has 8 nitrogen and oxygen atoms in total. The Kier molecular flexibility index (Phi) is 11.6. The Bertz CT molecular complexity index is 1690. The monoisotopic (exact) mass is 649 g/mol. The van der Waals surface area contributed by atoms with Crippen LogP contribution in [0, 0.1) is 5.82 Å². The molecule has 236 valence electrons. The number of carbonyl (C=O) groups is 2. The first-order chi connectivity index (χ1) is 21.7. The normalized spacial score (nSPS) is 11.8. The maximum atomic E-state index is 14.9. The van der Waals surface area contributed by atoms with Gasteiger partial charge in [-0.1, -0.05) is 48.5 Å². The molecule has 0 saturated heterocycles. The van der Waals surface area contributed by atoms with E-state index in [1.54, 1.807) is 42.5 Å². The van der Waals surface area contributed by atoms with E-state index in [2.05, 4.69) is 5.32 Å². The lowest BCUT2D eigenvalue weighted by Crippen LogP contribution is -2.53. The second-order valence-electron chi connectivity index (χ2n) is 10.0. The van der Waals surface area contributed by atoms with E-state index >= 15 is 0 Å². The molecular formula is C34H36FN3O5S2. The van der Waals surface area contributed by atoms with E-state index in [9.17, 15) is 22.4 Å². The molecule has 45 heavy (non-hydrogen) atoms. The highest BCUT2D eigenvalue weighted by molar-refractivity contribution is 7.98. The number of nitrogens with one attached hydrogen (secondary N) is 1. The number of rotatable bonds is 14. The number of benzene rings is 4. The zero-order valence-corrected chi connectivity index (χ0v) is 27.0. The van der Waals surface area contributed by atoms with Crippen LogP contribution in [-0.4, -0.2) is 57.6 Å². The molecule has 0 radical (unpaired) electrons. The standard InChI is InChI=1S/C34H36FN3O5S2/c1-4-43-28-16-14-27(15-17-28)38(45(41,42)30-20-18-29(44-3)19-21-30)24-33(39)37(23-26-12-8-9-13-31(26)35)32(34(40)36-2)22-25-10-6-5-7-11-25/h5-21,32H,4,22-24H2,1-3H3,(H,36,40)/t32-/m0/s1. The molecule has 4 aromatic rings. The molecule has 0 heterocycles. The van der Waals surface area contributed by atoms with Crippen molar-refractivity contribution in [2.24, 2.45) is 0 Å². The number of nitrogens with zero attached hydrogens (tertiary/aromatic N) is 2. The van der Waals surface area contributed by atoms with Crippen LogP contribution < -0.4 is 14.4 Å². The summed E-state index contributed by atoms with van der Waals surface area (Å²) in [5.41, 5.74) is 1.20. The number of thioether (sulfide) groups is 1. The summed E-state index contributed by atoms with van der Waals surface area (Å²) in [4.78, 5) is 29.8. The SMILES string of the molecule is CCOc1ccc(N(CC(=O)N(Cc2ccccc2F)[C@@H](Cc2ccccc2)C(=O)NC)S(=O)(=O)c2ccc(SC)cc2)cc1. The molecule has 0 aromatic heterocycles. The summed E-state index contributed by atoms with van der Waals surface area (Å²) in [6, 6.07) is 26.8. The summed E-state index contributed by atoms with van der Waals surface area (Å²) in [5, 5.41) is 2.62. The molecule has 0 saturated carbocycles. The van der Waals surface area contributed by atoms with Crippen LogP contribution in [0.2, 0.25) is 0 Å². The first-order valence-electron chi connectivity index (χ1n) is 14.4. The fourth-order valence-electron chi connectivity index (χ4n) is 4.81. The van der Waals surface area contributed by atoms with Gasteiger partial charge < -0.3 is 15.0 Å². The van der Waals surface area contributed by atoms with Crippen LogP contribution in [-0.2, 0) is 32.6 Å². The van der Waals surface area contributed by atoms with Gasteiger partial charge in [-0.05, 0) is 73.3 Å². The fraction of sp³-hybridized carbons (Fsp3) is 0.235. The Labute approximate surface area is 268 Å². The first-order valence-corrected chi connectivity index (χ1v) is 17.0. The van der Waals surface area contributed by atoms with Gasteiger partial charge >= 0.3 is 0 Å². The quantitative estimate of drug-likeness (QED) is 0.181. The van der Waals surface area contributed by atoms with Crippen LogP contribution in [0.3, 0.4) is 0 Å². The molecule has 0 aliphatic rings. The van der Waals surface area contributed by atoms with Crippen LogP contribution in [0.1, 0.15) is 18.1 Å². The number of hydrogen-bond donors (Lipinski definition) is 1. The zero-order valence-electron chi connectivity index (χ0n) is 25.4. The lowest BCUT2D eigenvalue weighted by molar-refractivity contribution is -0.139. The van der Waals surface area contributed by atoms with Gasteiger partial charge in [0.05, 0.1) is 17.2 Å². The first kappa shape index (κ1) is 33.5. The van der Waals surface area contributed by atoms with Crippen LogP contribution in [0.15, 0.2) is 113 Å². The van der Waals surface area contributed by atoms with E-state index in [-0.39, 0.29) is 29.1 Å². The maximum absolute atomic E-state index is 14.9. The van der Waals surface area contributed by atoms with Crippen molar-refractivity contribution in [3.63, 3.8) is 0 Å². The third-order valence-corrected chi connectivity index (χ3v) is 9.71. The lowest BCUT2D eigenvalue weighted by Gasteiger charge is -2.33. The van der Waals surface area contributed by atoms with Gasteiger partial charge in [0.1, 0.15) is 24.2 Å². The molecule has 0 spiro atoms. The Morgan fingerprint density at radius 1 is 0.911 bits per heavy atom. The average molecular weight is 650 g/mol. The molecule has 1 N–H and O–H groups in total. The zero-order chi connectivity index (χ0) is 32.4. The second kappa shape index (κ2) is 15.6. The molecule has 4 rings (SSSR count). The molecule has 0 bridgehead atoms. The Morgan fingerprint density at radius 2 is 1.56 bits per heavy atom. The number of likely N-dealkylation sites (N-methyl/N-ethyl adjacent to an activating group) is 1. The fourth-order valence-corrected chi connectivity index (χ4v) is 6.63. The van der Waals surface area contributed by atoms with Crippen molar-refractivity contribution in [2.45, 2.75) is 35.7 Å². The summed E-state index contributed by atoms with van der Waals surface area (Å²) in [6.07, 6.45) is 2.02. The summed E-state index contributed by atoms with van der Waals surface area (Å²) < 4.78 is 49.8. The van der Waals surface area contributed by atoms with Gasteiger partial charge in [-0.25, -0.2) is 12.8 Å².